The average molecular weight is 354 g/mol. The van der Waals surface area contributed by atoms with Crippen molar-refractivity contribution in [2.45, 2.75) is 25.9 Å². The van der Waals surface area contributed by atoms with Gasteiger partial charge in [0.1, 0.15) is 11.6 Å². The maximum Gasteiger partial charge on any atom is 0.239 e. The topological polar surface area (TPSA) is 87.4 Å². The van der Waals surface area contributed by atoms with Crippen LogP contribution < -0.4 is 20.9 Å². The summed E-state index contributed by atoms with van der Waals surface area (Å²) in [7, 11) is 0. The van der Waals surface area contributed by atoms with E-state index >= 15 is 0 Å². The lowest BCUT2D eigenvalue weighted by Crippen LogP contribution is -2.49. The van der Waals surface area contributed by atoms with Gasteiger partial charge in [-0.25, -0.2) is 9.97 Å². The van der Waals surface area contributed by atoms with E-state index in [0.29, 0.717) is 6.54 Å². The molecule has 1 aliphatic heterocycles. The van der Waals surface area contributed by atoms with E-state index in [-0.39, 0.29) is 5.91 Å². The van der Waals surface area contributed by atoms with E-state index in [2.05, 4.69) is 25.1 Å². The number of anilines is 2. The lowest BCUT2D eigenvalue weighted by molar-refractivity contribution is -0.125. The monoisotopic (exact) mass is 354 g/mol. The third kappa shape index (κ3) is 4.29. The second kappa shape index (κ2) is 7.70. The third-order valence-corrected chi connectivity index (χ3v) is 4.44. The van der Waals surface area contributed by atoms with Crippen molar-refractivity contribution in [3.05, 3.63) is 48.3 Å². The van der Waals surface area contributed by atoms with E-state index in [1.807, 2.05) is 36.5 Å². The predicted molar refractivity (Wildman–Crippen MR) is 103 cm³/mol. The van der Waals surface area contributed by atoms with Crippen LogP contribution in [-0.4, -0.2) is 47.6 Å². The molecular weight excluding hydrogens is 328 g/mol. The van der Waals surface area contributed by atoms with Gasteiger partial charge in [0.25, 0.3) is 0 Å². The molecule has 1 fully saturated rings. The molecule has 26 heavy (non-hydrogen) atoms. The zero-order valence-corrected chi connectivity index (χ0v) is 15.4. The van der Waals surface area contributed by atoms with Crippen molar-refractivity contribution in [1.29, 1.82) is 0 Å². The molecule has 0 spiro atoms. The maximum absolute atomic E-state index is 12.0. The third-order valence-electron chi connectivity index (χ3n) is 4.44. The van der Waals surface area contributed by atoms with Gasteiger partial charge in [-0.1, -0.05) is 12.1 Å². The lowest BCUT2D eigenvalue weighted by atomic mass is 10.1. The summed E-state index contributed by atoms with van der Waals surface area (Å²) in [5.74, 6) is 1.75. The first kappa shape index (κ1) is 18.1. The van der Waals surface area contributed by atoms with Crippen molar-refractivity contribution in [1.82, 2.24) is 15.3 Å². The minimum absolute atomic E-state index is 0.174. The van der Waals surface area contributed by atoms with E-state index in [1.54, 1.807) is 20.0 Å². The molecule has 0 atom stereocenters. The van der Waals surface area contributed by atoms with Crippen LogP contribution in [0.3, 0.4) is 0 Å². The van der Waals surface area contributed by atoms with Gasteiger partial charge in [-0.2, -0.15) is 0 Å². The summed E-state index contributed by atoms with van der Waals surface area (Å²) in [6.07, 6.45) is 3.61. The highest BCUT2D eigenvalue weighted by Crippen LogP contribution is 2.21. The fourth-order valence-corrected chi connectivity index (χ4v) is 2.94. The van der Waals surface area contributed by atoms with E-state index in [9.17, 15) is 4.79 Å². The van der Waals surface area contributed by atoms with Crippen LogP contribution >= 0.6 is 0 Å². The number of nitrogens with zero attached hydrogens (tertiary/aromatic N) is 4. The Balaban J connectivity index is 1.64. The standard InChI is InChI=1S/C19H26N6O/c1-19(2,20)18(26)23-14-15-6-5-9-22-17(15)25-12-10-24(11-13-25)16-7-3-4-8-21-16/h3-9H,10-14,20H2,1-2H3,(H,23,26). The van der Waals surface area contributed by atoms with Crippen molar-refractivity contribution in [3.63, 3.8) is 0 Å². The van der Waals surface area contributed by atoms with Gasteiger partial charge in [-0.3, -0.25) is 4.79 Å². The number of rotatable bonds is 5. The van der Waals surface area contributed by atoms with Gasteiger partial charge in [0.15, 0.2) is 0 Å². The first-order valence-corrected chi connectivity index (χ1v) is 8.87. The van der Waals surface area contributed by atoms with Crippen LogP contribution in [0.2, 0.25) is 0 Å². The van der Waals surface area contributed by atoms with Crippen molar-refractivity contribution in [2.24, 2.45) is 5.73 Å². The summed E-state index contributed by atoms with van der Waals surface area (Å²) < 4.78 is 0. The van der Waals surface area contributed by atoms with Crippen LogP contribution in [0.5, 0.6) is 0 Å². The van der Waals surface area contributed by atoms with Crippen LogP contribution in [0.15, 0.2) is 42.7 Å². The predicted octanol–water partition coefficient (Wildman–Crippen LogP) is 1.16. The number of carbonyl (C=O) groups is 1. The minimum Gasteiger partial charge on any atom is -0.353 e. The summed E-state index contributed by atoms with van der Waals surface area (Å²) in [5.41, 5.74) is 5.95. The molecule has 2 aromatic rings. The van der Waals surface area contributed by atoms with Crippen LogP contribution in [-0.2, 0) is 11.3 Å². The van der Waals surface area contributed by atoms with Gasteiger partial charge >= 0.3 is 0 Å². The smallest absolute Gasteiger partial charge is 0.239 e. The number of nitrogens with two attached hydrogens (primary N) is 1. The molecule has 3 heterocycles. The fourth-order valence-electron chi connectivity index (χ4n) is 2.94. The van der Waals surface area contributed by atoms with Gasteiger partial charge < -0.3 is 20.9 Å². The zero-order chi connectivity index (χ0) is 18.6. The quantitative estimate of drug-likeness (QED) is 0.838. The number of carbonyl (C=O) groups excluding carboxylic acids is 1. The van der Waals surface area contributed by atoms with Gasteiger partial charge in [0.2, 0.25) is 5.91 Å². The van der Waals surface area contributed by atoms with E-state index in [1.165, 1.54) is 0 Å². The van der Waals surface area contributed by atoms with Crippen LogP contribution in [0.4, 0.5) is 11.6 Å². The van der Waals surface area contributed by atoms with Crippen molar-refractivity contribution >= 4 is 17.5 Å². The number of hydrogen-bond donors (Lipinski definition) is 2. The van der Waals surface area contributed by atoms with Gasteiger partial charge in [-0.05, 0) is 32.0 Å². The number of amides is 1. The molecule has 3 rings (SSSR count). The highest BCUT2D eigenvalue weighted by Gasteiger charge is 2.23. The molecule has 0 aliphatic carbocycles. The minimum atomic E-state index is -0.892. The summed E-state index contributed by atoms with van der Waals surface area (Å²) in [4.78, 5) is 25.5. The fraction of sp³-hybridized carbons (Fsp3) is 0.421. The molecule has 2 aromatic heterocycles. The molecule has 0 bridgehead atoms. The SMILES string of the molecule is CC(C)(N)C(=O)NCc1cccnc1N1CCN(c2ccccn2)CC1. The zero-order valence-electron chi connectivity index (χ0n) is 15.4. The summed E-state index contributed by atoms with van der Waals surface area (Å²) in [6.45, 7) is 7.30. The lowest BCUT2D eigenvalue weighted by Gasteiger charge is -2.36. The summed E-state index contributed by atoms with van der Waals surface area (Å²) >= 11 is 0. The highest BCUT2D eigenvalue weighted by atomic mass is 16.2. The Morgan fingerprint density at radius 2 is 1.77 bits per heavy atom. The molecular formula is C19H26N6O. The summed E-state index contributed by atoms with van der Waals surface area (Å²) in [5, 5.41) is 2.90. The Kier molecular flexibility index (Phi) is 5.37. The number of piperazine rings is 1. The number of pyridine rings is 2. The first-order chi connectivity index (χ1) is 12.4. The Bertz CT molecular complexity index is 735. The number of nitrogens with one attached hydrogen (secondary N) is 1. The molecule has 1 saturated heterocycles. The highest BCUT2D eigenvalue weighted by molar-refractivity contribution is 5.85. The molecule has 0 unspecified atom stereocenters. The van der Waals surface area contributed by atoms with Crippen molar-refractivity contribution in [2.75, 3.05) is 36.0 Å². The van der Waals surface area contributed by atoms with Crippen molar-refractivity contribution < 1.29 is 4.79 Å². The Morgan fingerprint density at radius 1 is 1.08 bits per heavy atom. The van der Waals surface area contributed by atoms with Crippen LogP contribution in [0.1, 0.15) is 19.4 Å². The van der Waals surface area contributed by atoms with Gasteiger partial charge in [0.05, 0.1) is 5.54 Å². The molecule has 0 saturated carbocycles. The van der Waals surface area contributed by atoms with Gasteiger partial charge in [-0.15, -0.1) is 0 Å². The van der Waals surface area contributed by atoms with Crippen molar-refractivity contribution in [3.8, 4) is 0 Å². The molecule has 7 nitrogen and oxygen atoms in total. The molecule has 138 valence electrons. The number of hydrogen-bond acceptors (Lipinski definition) is 6. The Hall–Kier alpha value is -2.67. The van der Waals surface area contributed by atoms with Crippen LogP contribution in [0, 0.1) is 0 Å². The van der Waals surface area contributed by atoms with E-state index < -0.39 is 5.54 Å². The molecule has 1 aliphatic rings. The Labute approximate surface area is 154 Å². The van der Waals surface area contributed by atoms with E-state index in [4.69, 9.17) is 5.73 Å². The molecule has 0 radical (unpaired) electrons. The molecule has 7 heteroatoms. The summed E-state index contributed by atoms with van der Waals surface area (Å²) in [6, 6.07) is 9.86. The van der Waals surface area contributed by atoms with Crippen LogP contribution in [0.25, 0.3) is 0 Å². The molecule has 0 aromatic carbocycles. The normalized spacial score (nSPS) is 15.0. The van der Waals surface area contributed by atoms with Gasteiger partial charge in [0, 0.05) is 50.7 Å². The second-order valence-corrected chi connectivity index (χ2v) is 7.05. The largest absolute Gasteiger partial charge is 0.353 e. The Morgan fingerprint density at radius 3 is 2.42 bits per heavy atom. The second-order valence-electron chi connectivity index (χ2n) is 7.05. The van der Waals surface area contributed by atoms with E-state index in [0.717, 1.165) is 43.4 Å². The number of aromatic nitrogens is 2. The maximum atomic E-state index is 12.0. The molecule has 1 amide bonds. The average Bonchev–Trinajstić information content (AvgIpc) is 2.66. The first-order valence-electron chi connectivity index (χ1n) is 8.87. The molecule has 3 N–H and O–H groups in total.